The molecule has 4 rings (SSSR count). The Kier molecular flexibility index (Phi) is 7.07. The third kappa shape index (κ3) is 4.46. The molecule has 0 aromatic heterocycles. The fraction of sp³-hybridized carbons (Fsp3) is 0.385. The summed E-state index contributed by atoms with van der Waals surface area (Å²) in [6, 6.07) is 11.1. The lowest BCUT2D eigenvalue weighted by Gasteiger charge is -2.28. The van der Waals surface area contributed by atoms with E-state index >= 15 is 0 Å². The maximum Gasteiger partial charge on any atom is 0.295 e. The van der Waals surface area contributed by atoms with Gasteiger partial charge >= 0.3 is 0 Å². The molecule has 0 spiro atoms. The number of amides is 1. The van der Waals surface area contributed by atoms with Crippen LogP contribution < -0.4 is 14.2 Å². The summed E-state index contributed by atoms with van der Waals surface area (Å²) in [5, 5.41) is 11.2. The molecule has 1 atom stereocenters. The van der Waals surface area contributed by atoms with Crippen LogP contribution >= 0.6 is 0 Å². The molecule has 34 heavy (non-hydrogen) atoms. The third-order valence-corrected chi connectivity index (χ3v) is 6.49. The Labute approximate surface area is 199 Å². The van der Waals surface area contributed by atoms with Crippen LogP contribution in [0.25, 0.3) is 5.76 Å². The molecule has 8 heteroatoms. The molecular formula is C26H30N2O6. The van der Waals surface area contributed by atoms with E-state index in [1.165, 1.54) is 12.0 Å². The van der Waals surface area contributed by atoms with Gasteiger partial charge < -0.3 is 29.1 Å². The molecule has 1 amide bonds. The first-order chi connectivity index (χ1) is 16.5. The average Bonchev–Trinajstić information content (AvgIpc) is 3.48. The lowest BCUT2D eigenvalue weighted by molar-refractivity contribution is -0.140. The molecule has 8 nitrogen and oxygen atoms in total. The molecule has 180 valence electrons. The SMILES string of the molecule is COc1ccc(/C(O)=C2\C(=O)C(=O)N(CCN3CCCC3)C2c2cc(OC)ccc2OC)cc1. The Bertz CT molecular complexity index is 1090. The summed E-state index contributed by atoms with van der Waals surface area (Å²) in [6.45, 7) is 2.96. The summed E-state index contributed by atoms with van der Waals surface area (Å²) in [7, 11) is 4.63. The van der Waals surface area contributed by atoms with Gasteiger partial charge in [0.2, 0.25) is 0 Å². The second kappa shape index (κ2) is 10.2. The molecule has 0 saturated carbocycles. The molecule has 0 aliphatic carbocycles. The van der Waals surface area contributed by atoms with E-state index in [0.717, 1.165) is 25.9 Å². The Morgan fingerprint density at radius 3 is 2.18 bits per heavy atom. The number of Topliss-reactive ketones (excluding diaryl/α,β-unsaturated/α-hetero) is 1. The standard InChI is InChI=1S/C26H30N2O6/c1-32-18-8-6-17(7-9-18)24(29)22-23(20-16-19(33-2)10-11-21(20)34-3)28(26(31)25(22)30)15-14-27-12-4-5-13-27/h6-11,16,23,29H,4-5,12-15H2,1-3H3/b24-22+. The summed E-state index contributed by atoms with van der Waals surface area (Å²) >= 11 is 0. The minimum atomic E-state index is -0.810. The molecule has 2 saturated heterocycles. The van der Waals surface area contributed by atoms with Crippen molar-refractivity contribution in [3.05, 3.63) is 59.2 Å². The number of carbonyl (C=O) groups excluding carboxylic acids is 2. The topological polar surface area (TPSA) is 88.5 Å². The minimum absolute atomic E-state index is 0.0307. The smallest absolute Gasteiger partial charge is 0.295 e. The summed E-state index contributed by atoms with van der Waals surface area (Å²) in [4.78, 5) is 30.3. The lowest BCUT2D eigenvalue weighted by Crippen LogP contribution is -2.37. The number of ether oxygens (including phenoxy) is 3. The molecular weight excluding hydrogens is 436 g/mol. The van der Waals surface area contributed by atoms with Gasteiger partial charge in [0.1, 0.15) is 23.0 Å². The fourth-order valence-electron chi connectivity index (χ4n) is 4.65. The Morgan fingerprint density at radius 1 is 0.912 bits per heavy atom. The van der Waals surface area contributed by atoms with E-state index < -0.39 is 17.7 Å². The van der Waals surface area contributed by atoms with Crippen LogP contribution in [0.5, 0.6) is 17.2 Å². The fourth-order valence-corrected chi connectivity index (χ4v) is 4.65. The highest BCUT2D eigenvalue weighted by atomic mass is 16.5. The first-order valence-electron chi connectivity index (χ1n) is 11.4. The number of ketones is 1. The highest BCUT2D eigenvalue weighted by molar-refractivity contribution is 6.46. The van der Waals surface area contributed by atoms with E-state index in [4.69, 9.17) is 14.2 Å². The molecule has 2 aromatic carbocycles. The zero-order valence-electron chi connectivity index (χ0n) is 19.7. The van der Waals surface area contributed by atoms with Gasteiger partial charge in [-0.3, -0.25) is 9.59 Å². The Morgan fingerprint density at radius 2 is 1.56 bits per heavy atom. The lowest BCUT2D eigenvalue weighted by atomic mass is 9.94. The van der Waals surface area contributed by atoms with E-state index in [1.807, 2.05) is 0 Å². The third-order valence-electron chi connectivity index (χ3n) is 6.49. The van der Waals surface area contributed by atoms with Crippen LogP contribution in [0.2, 0.25) is 0 Å². The van der Waals surface area contributed by atoms with Crippen LogP contribution in [-0.4, -0.2) is 74.1 Å². The summed E-state index contributed by atoms with van der Waals surface area (Å²) in [5.74, 6) is 0.0896. The van der Waals surface area contributed by atoms with Gasteiger partial charge in [-0.25, -0.2) is 0 Å². The van der Waals surface area contributed by atoms with Crippen molar-refractivity contribution >= 4 is 17.4 Å². The number of carbonyl (C=O) groups is 2. The zero-order chi connectivity index (χ0) is 24.2. The van der Waals surface area contributed by atoms with Gasteiger partial charge in [-0.2, -0.15) is 0 Å². The van der Waals surface area contributed by atoms with Crippen molar-refractivity contribution < 1.29 is 28.9 Å². The van der Waals surface area contributed by atoms with Crippen molar-refractivity contribution in [3.63, 3.8) is 0 Å². The number of methoxy groups -OCH3 is 3. The quantitative estimate of drug-likeness (QED) is 0.363. The summed E-state index contributed by atoms with van der Waals surface area (Å²) in [5.41, 5.74) is 1.03. The number of likely N-dealkylation sites (tertiary alicyclic amines) is 2. The van der Waals surface area contributed by atoms with Crippen molar-refractivity contribution in [2.24, 2.45) is 0 Å². The number of aliphatic hydroxyl groups is 1. The average molecular weight is 467 g/mol. The van der Waals surface area contributed by atoms with E-state index in [2.05, 4.69) is 4.90 Å². The van der Waals surface area contributed by atoms with E-state index in [0.29, 0.717) is 41.5 Å². The Hall–Kier alpha value is -3.52. The van der Waals surface area contributed by atoms with Gasteiger partial charge in [-0.15, -0.1) is 0 Å². The summed E-state index contributed by atoms with van der Waals surface area (Å²) < 4.78 is 16.2. The number of rotatable bonds is 8. The van der Waals surface area contributed by atoms with E-state index in [1.54, 1.807) is 56.7 Å². The maximum atomic E-state index is 13.3. The van der Waals surface area contributed by atoms with E-state index in [-0.39, 0.29) is 11.3 Å². The first kappa shape index (κ1) is 23.6. The molecule has 2 heterocycles. The predicted molar refractivity (Wildman–Crippen MR) is 127 cm³/mol. The number of benzene rings is 2. The molecule has 2 aliphatic heterocycles. The second-order valence-electron chi connectivity index (χ2n) is 8.38. The van der Waals surface area contributed by atoms with Crippen molar-refractivity contribution in [2.45, 2.75) is 18.9 Å². The highest BCUT2D eigenvalue weighted by Gasteiger charge is 2.47. The van der Waals surface area contributed by atoms with Crippen molar-refractivity contribution in [3.8, 4) is 17.2 Å². The van der Waals surface area contributed by atoms with Gasteiger partial charge in [0.25, 0.3) is 11.7 Å². The molecule has 0 bridgehead atoms. The minimum Gasteiger partial charge on any atom is -0.507 e. The van der Waals surface area contributed by atoms with Gasteiger partial charge in [0.05, 0.1) is 32.9 Å². The largest absolute Gasteiger partial charge is 0.507 e. The molecule has 1 N–H and O–H groups in total. The van der Waals surface area contributed by atoms with Crippen LogP contribution in [0.1, 0.15) is 30.0 Å². The van der Waals surface area contributed by atoms with Crippen LogP contribution in [0.4, 0.5) is 0 Å². The summed E-state index contributed by atoms with van der Waals surface area (Å²) in [6.07, 6.45) is 2.26. The van der Waals surface area contributed by atoms with Crippen molar-refractivity contribution in [1.29, 1.82) is 0 Å². The predicted octanol–water partition coefficient (Wildman–Crippen LogP) is 3.23. The number of nitrogens with zero attached hydrogens (tertiary/aromatic N) is 2. The zero-order valence-corrected chi connectivity index (χ0v) is 19.7. The first-order valence-corrected chi connectivity index (χ1v) is 11.4. The van der Waals surface area contributed by atoms with Crippen LogP contribution in [0.3, 0.4) is 0 Å². The van der Waals surface area contributed by atoms with Crippen LogP contribution in [0.15, 0.2) is 48.0 Å². The van der Waals surface area contributed by atoms with Gasteiger partial charge in [-0.1, -0.05) is 0 Å². The molecule has 1 unspecified atom stereocenters. The molecule has 2 fully saturated rings. The molecule has 0 radical (unpaired) electrons. The second-order valence-corrected chi connectivity index (χ2v) is 8.38. The molecule has 2 aromatic rings. The maximum absolute atomic E-state index is 13.3. The van der Waals surface area contributed by atoms with Gasteiger partial charge in [0.15, 0.2) is 0 Å². The Balaban J connectivity index is 1.82. The van der Waals surface area contributed by atoms with Gasteiger partial charge in [-0.05, 0) is 68.4 Å². The van der Waals surface area contributed by atoms with Crippen molar-refractivity contribution in [1.82, 2.24) is 9.80 Å². The molecule has 2 aliphatic rings. The number of hydrogen-bond donors (Lipinski definition) is 1. The highest BCUT2D eigenvalue weighted by Crippen LogP contribution is 2.43. The van der Waals surface area contributed by atoms with Crippen LogP contribution in [-0.2, 0) is 9.59 Å². The van der Waals surface area contributed by atoms with Crippen molar-refractivity contribution in [2.75, 3.05) is 47.5 Å². The van der Waals surface area contributed by atoms with E-state index in [9.17, 15) is 14.7 Å². The van der Waals surface area contributed by atoms with Gasteiger partial charge in [0, 0.05) is 24.2 Å². The normalized spacial score (nSPS) is 20.1. The number of aliphatic hydroxyl groups excluding tert-OH is 1. The monoisotopic (exact) mass is 466 g/mol. The number of hydrogen-bond acceptors (Lipinski definition) is 7. The van der Waals surface area contributed by atoms with Crippen LogP contribution in [0, 0.1) is 0 Å².